The number of hydrogen-bond acceptors (Lipinski definition) is 4. The normalized spacial score (nSPS) is 11.3. The summed E-state index contributed by atoms with van der Waals surface area (Å²) in [7, 11) is 2.96. The molecule has 1 rings (SSSR count). The molecule has 78 valence electrons. The highest BCUT2D eigenvalue weighted by Gasteiger charge is 1.95. The SMILES string of the molecule is CN([O-])Cc1cccc(CN(C)[O-])c1. The molecule has 4 nitrogen and oxygen atoms in total. The highest BCUT2D eigenvalue weighted by Crippen LogP contribution is 2.08. The first-order chi connectivity index (χ1) is 6.58. The highest BCUT2D eigenvalue weighted by molar-refractivity contribution is 5.23. The van der Waals surface area contributed by atoms with Crippen molar-refractivity contribution in [2.75, 3.05) is 14.1 Å². The third-order valence-corrected chi connectivity index (χ3v) is 1.80. The second kappa shape index (κ2) is 5.07. The Labute approximate surface area is 83.9 Å². The van der Waals surface area contributed by atoms with Crippen LogP contribution in [-0.2, 0) is 13.1 Å². The van der Waals surface area contributed by atoms with E-state index >= 15 is 0 Å². The van der Waals surface area contributed by atoms with Gasteiger partial charge in [0.2, 0.25) is 0 Å². The Morgan fingerprint density at radius 2 is 1.43 bits per heavy atom. The number of benzene rings is 1. The Morgan fingerprint density at radius 3 is 1.79 bits per heavy atom. The van der Waals surface area contributed by atoms with Crippen LogP contribution in [0.4, 0.5) is 0 Å². The van der Waals surface area contributed by atoms with Crippen molar-refractivity contribution in [1.82, 2.24) is 10.1 Å². The van der Waals surface area contributed by atoms with Gasteiger partial charge < -0.3 is 20.5 Å². The van der Waals surface area contributed by atoms with Gasteiger partial charge in [-0.15, -0.1) is 0 Å². The van der Waals surface area contributed by atoms with Crippen molar-refractivity contribution >= 4 is 0 Å². The minimum Gasteiger partial charge on any atom is -0.785 e. The van der Waals surface area contributed by atoms with Crippen molar-refractivity contribution in [1.29, 1.82) is 0 Å². The van der Waals surface area contributed by atoms with Gasteiger partial charge in [-0.25, -0.2) is 0 Å². The van der Waals surface area contributed by atoms with Crippen LogP contribution in [0.2, 0.25) is 0 Å². The average Bonchev–Trinajstić information content (AvgIpc) is 2.01. The zero-order chi connectivity index (χ0) is 10.6. The Morgan fingerprint density at radius 1 is 1.00 bits per heavy atom. The summed E-state index contributed by atoms with van der Waals surface area (Å²) in [5.41, 5.74) is 1.86. The summed E-state index contributed by atoms with van der Waals surface area (Å²) in [6.07, 6.45) is 0. The van der Waals surface area contributed by atoms with E-state index in [0.29, 0.717) is 13.1 Å². The van der Waals surface area contributed by atoms with E-state index in [1.165, 1.54) is 14.1 Å². The van der Waals surface area contributed by atoms with Crippen LogP contribution in [0.15, 0.2) is 24.3 Å². The maximum atomic E-state index is 10.8. The Bertz CT molecular complexity index is 262. The molecule has 0 aliphatic carbocycles. The molecule has 0 fully saturated rings. The lowest BCUT2D eigenvalue weighted by Crippen LogP contribution is -2.10. The quantitative estimate of drug-likeness (QED) is 0.682. The topological polar surface area (TPSA) is 52.6 Å². The Balaban J connectivity index is 2.68. The largest absolute Gasteiger partial charge is 0.785 e. The van der Waals surface area contributed by atoms with Gasteiger partial charge in [0.1, 0.15) is 0 Å². The summed E-state index contributed by atoms with van der Waals surface area (Å²) in [4.78, 5) is 0. The number of rotatable bonds is 4. The van der Waals surface area contributed by atoms with Crippen LogP contribution in [0.25, 0.3) is 0 Å². The number of hydroxylamine groups is 4. The van der Waals surface area contributed by atoms with Crippen LogP contribution >= 0.6 is 0 Å². The van der Waals surface area contributed by atoms with Gasteiger partial charge in [-0.2, -0.15) is 0 Å². The zero-order valence-corrected chi connectivity index (χ0v) is 8.43. The molecule has 14 heavy (non-hydrogen) atoms. The van der Waals surface area contributed by atoms with Gasteiger partial charge in [0.05, 0.1) is 0 Å². The molecule has 0 N–H and O–H groups in total. The van der Waals surface area contributed by atoms with Crippen LogP contribution in [0.1, 0.15) is 11.1 Å². The number of hydrogen-bond donors (Lipinski definition) is 0. The summed E-state index contributed by atoms with van der Waals surface area (Å²) in [5.74, 6) is 0. The molecule has 0 saturated heterocycles. The summed E-state index contributed by atoms with van der Waals surface area (Å²) < 4.78 is 0. The molecule has 0 aromatic heterocycles. The zero-order valence-electron chi connectivity index (χ0n) is 8.43. The van der Waals surface area contributed by atoms with Crippen molar-refractivity contribution in [2.24, 2.45) is 0 Å². The molecule has 0 aliphatic rings. The lowest BCUT2D eigenvalue weighted by molar-refractivity contribution is 0.445. The van der Waals surface area contributed by atoms with Crippen molar-refractivity contribution in [3.63, 3.8) is 0 Å². The second-order valence-electron chi connectivity index (χ2n) is 3.39. The van der Waals surface area contributed by atoms with E-state index in [1.807, 2.05) is 24.3 Å². The van der Waals surface area contributed by atoms with Crippen molar-refractivity contribution < 1.29 is 0 Å². The molecule has 4 heteroatoms. The van der Waals surface area contributed by atoms with E-state index in [4.69, 9.17) is 0 Å². The molecular formula is C10H14N2O2-2. The fourth-order valence-electron chi connectivity index (χ4n) is 1.34. The molecular weight excluding hydrogens is 180 g/mol. The average molecular weight is 194 g/mol. The summed E-state index contributed by atoms with van der Waals surface area (Å²) in [6.45, 7) is 0.715. The molecule has 0 spiro atoms. The molecule has 0 atom stereocenters. The summed E-state index contributed by atoms with van der Waals surface area (Å²) >= 11 is 0. The molecule has 0 unspecified atom stereocenters. The Kier molecular flexibility index (Phi) is 4.03. The van der Waals surface area contributed by atoms with Gasteiger partial charge in [0, 0.05) is 13.1 Å². The smallest absolute Gasteiger partial charge is 0.0112 e. The van der Waals surface area contributed by atoms with Crippen LogP contribution in [0.3, 0.4) is 0 Å². The van der Waals surface area contributed by atoms with Gasteiger partial charge in [-0.1, -0.05) is 24.3 Å². The fraction of sp³-hybridized carbons (Fsp3) is 0.400. The molecule has 0 heterocycles. The number of nitrogens with zero attached hydrogens (tertiary/aromatic N) is 2. The maximum absolute atomic E-state index is 10.8. The van der Waals surface area contributed by atoms with Crippen molar-refractivity contribution in [2.45, 2.75) is 13.1 Å². The van der Waals surface area contributed by atoms with Crippen LogP contribution < -0.4 is 0 Å². The lowest BCUT2D eigenvalue weighted by Gasteiger charge is -2.24. The third kappa shape index (κ3) is 3.85. The summed E-state index contributed by atoms with van der Waals surface area (Å²) in [6, 6.07) is 7.49. The fourth-order valence-corrected chi connectivity index (χ4v) is 1.34. The van der Waals surface area contributed by atoms with E-state index in [-0.39, 0.29) is 0 Å². The minimum atomic E-state index is 0.358. The highest BCUT2D eigenvalue weighted by atomic mass is 16.5. The van der Waals surface area contributed by atoms with Gasteiger partial charge in [0.15, 0.2) is 0 Å². The van der Waals surface area contributed by atoms with E-state index < -0.39 is 0 Å². The molecule has 0 saturated carbocycles. The molecule has 0 aliphatic heterocycles. The first-order valence-corrected chi connectivity index (χ1v) is 4.42. The van der Waals surface area contributed by atoms with Crippen LogP contribution in [-0.4, -0.2) is 24.2 Å². The van der Waals surface area contributed by atoms with Crippen molar-refractivity contribution in [3.05, 3.63) is 45.8 Å². The Hall–Kier alpha value is -0.940. The van der Waals surface area contributed by atoms with Crippen LogP contribution in [0.5, 0.6) is 0 Å². The molecule has 0 bridgehead atoms. The van der Waals surface area contributed by atoms with E-state index in [2.05, 4.69) is 0 Å². The first kappa shape index (κ1) is 11.1. The molecule has 1 aromatic rings. The van der Waals surface area contributed by atoms with Crippen molar-refractivity contribution in [3.8, 4) is 0 Å². The van der Waals surface area contributed by atoms with E-state index in [0.717, 1.165) is 21.3 Å². The standard InChI is InChI=1S/C10H14N2O2/c1-11(13)7-9-4-3-5-10(6-9)8-12(2)14/h3-6H,7-8H2,1-2H3/q-2. The maximum Gasteiger partial charge on any atom is 0.0112 e. The predicted octanol–water partition coefficient (Wildman–Crippen LogP) is 1.55. The van der Waals surface area contributed by atoms with Crippen LogP contribution in [0, 0.1) is 10.4 Å². The van der Waals surface area contributed by atoms with E-state index in [1.54, 1.807) is 0 Å². The van der Waals surface area contributed by atoms with Gasteiger partial charge in [-0.3, -0.25) is 0 Å². The molecule has 0 amide bonds. The second-order valence-corrected chi connectivity index (χ2v) is 3.39. The van der Waals surface area contributed by atoms with Gasteiger partial charge in [-0.05, 0) is 25.2 Å². The molecule has 1 aromatic carbocycles. The predicted molar refractivity (Wildman–Crippen MR) is 56.1 cm³/mol. The third-order valence-electron chi connectivity index (χ3n) is 1.80. The lowest BCUT2D eigenvalue weighted by atomic mass is 10.1. The minimum absolute atomic E-state index is 0.358. The molecule has 0 radical (unpaired) electrons. The van der Waals surface area contributed by atoms with E-state index in [9.17, 15) is 10.4 Å². The van der Waals surface area contributed by atoms with Gasteiger partial charge in [0.25, 0.3) is 0 Å². The van der Waals surface area contributed by atoms with Gasteiger partial charge >= 0.3 is 0 Å². The first-order valence-electron chi connectivity index (χ1n) is 4.42. The summed E-state index contributed by atoms with van der Waals surface area (Å²) in [5, 5.41) is 23.3. The monoisotopic (exact) mass is 194 g/mol.